The number of carbonyl (C=O) groups is 2. The molecule has 43 heavy (non-hydrogen) atoms. The zero-order chi connectivity index (χ0) is 29.6. The van der Waals surface area contributed by atoms with Crippen molar-refractivity contribution in [3.8, 4) is 6.01 Å². The molecule has 228 valence electrons. The highest BCUT2D eigenvalue weighted by Gasteiger charge is 2.52. The third-order valence-electron chi connectivity index (χ3n) is 11.1. The van der Waals surface area contributed by atoms with Crippen molar-refractivity contribution in [3.05, 3.63) is 46.4 Å². The van der Waals surface area contributed by atoms with Crippen molar-refractivity contribution in [2.24, 2.45) is 0 Å². The van der Waals surface area contributed by atoms with E-state index in [1.165, 1.54) is 6.07 Å². The number of alkyl halides is 1. The molecule has 2 spiro atoms. The summed E-state index contributed by atoms with van der Waals surface area (Å²) >= 11 is 0. The molecule has 4 fully saturated rings. The molecule has 0 saturated carbocycles. The van der Waals surface area contributed by atoms with Crippen LogP contribution in [0.25, 0.3) is 0 Å². The SMILES string of the molecule is CN1Cc2c(nc(OCC34CCCN3C[C@H](F)C4)nc2N2CCC[C@]3(C2)NC(=O)NC3=O)C[C@]12CCc1c(F)cccc12. The minimum atomic E-state index is -1.01. The molecule has 1 aliphatic carbocycles. The molecule has 6 heterocycles. The molecule has 8 rings (SSSR count). The number of fused-ring (bicyclic) bond motifs is 4. The zero-order valence-corrected chi connectivity index (χ0v) is 24.4. The van der Waals surface area contributed by atoms with Crippen LogP contribution in [-0.4, -0.2) is 88.8 Å². The molecule has 1 aromatic carbocycles. The molecule has 4 atom stereocenters. The fourth-order valence-electron chi connectivity index (χ4n) is 8.92. The molecular formula is C31H37F2N7O3. The van der Waals surface area contributed by atoms with E-state index in [0.29, 0.717) is 64.2 Å². The van der Waals surface area contributed by atoms with Gasteiger partial charge in [-0.05, 0) is 69.3 Å². The number of carbonyl (C=O) groups excluding carboxylic acids is 2. The van der Waals surface area contributed by atoms with E-state index in [1.807, 2.05) is 6.07 Å². The molecule has 5 aliphatic heterocycles. The topological polar surface area (TPSA) is 103 Å². The summed E-state index contributed by atoms with van der Waals surface area (Å²) in [6.07, 6.45) is 4.74. The molecule has 2 aromatic rings. The van der Waals surface area contributed by atoms with E-state index >= 15 is 0 Å². The number of benzene rings is 1. The van der Waals surface area contributed by atoms with E-state index in [0.717, 1.165) is 48.2 Å². The highest BCUT2D eigenvalue weighted by atomic mass is 19.1. The lowest BCUT2D eigenvalue weighted by Gasteiger charge is -2.46. The molecule has 0 radical (unpaired) electrons. The first kappa shape index (κ1) is 27.2. The second kappa shape index (κ2) is 9.56. The van der Waals surface area contributed by atoms with Gasteiger partial charge in [-0.15, -0.1) is 0 Å². The van der Waals surface area contributed by atoms with Crippen LogP contribution in [0.5, 0.6) is 6.01 Å². The quantitative estimate of drug-likeness (QED) is 0.522. The number of halogens is 2. The number of ether oxygens (including phenoxy) is 1. The van der Waals surface area contributed by atoms with Crippen molar-refractivity contribution in [3.63, 3.8) is 0 Å². The fourth-order valence-corrected chi connectivity index (χ4v) is 8.92. The molecule has 4 saturated heterocycles. The van der Waals surface area contributed by atoms with E-state index in [2.05, 4.69) is 32.4 Å². The maximum absolute atomic E-state index is 14.8. The van der Waals surface area contributed by atoms with Gasteiger partial charge in [0.2, 0.25) is 0 Å². The Hall–Kier alpha value is -3.38. The maximum Gasteiger partial charge on any atom is 0.322 e. The Morgan fingerprint density at radius 2 is 1.98 bits per heavy atom. The summed E-state index contributed by atoms with van der Waals surface area (Å²) in [6, 6.07) is 5.11. The molecule has 12 heteroatoms. The van der Waals surface area contributed by atoms with Crippen molar-refractivity contribution in [1.82, 2.24) is 30.4 Å². The van der Waals surface area contributed by atoms with E-state index in [1.54, 1.807) is 6.07 Å². The summed E-state index contributed by atoms with van der Waals surface area (Å²) in [4.78, 5) is 41.5. The van der Waals surface area contributed by atoms with Crippen LogP contribution in [0.2, 0.25) is 0 Å². The third kappa shape index (κ3) is 4.08. The highest BCUT2D eigenvalue weighted by Crippen LogP contribution is 2.49. The highest BCUT2D eigenvalue weighted by molar-refractivity contribution is 6.07. The van der Waals surface area contributed by atoms with E-state index in [9.17, 15) is 18.4 Å². The number of hydrogen-bond donors (Lipinski definition) is 2. The van der Waals surface area contributed by atoms with Gasteiger partial charge in [0.05, 0.1) is 23.3 Å². The number of hydrogen-bond acceptors (Lipinski definition) is 8. The predicted molar refractivity (Wildman–Crippen MR) is 153 cm³/mol. The lowest BCUT2D eigenvalue weighted by molar-refractivity contribution is -0.124. The smallest absolute Gasteiger partial charge is 0.322 e. The summed E-state index contributed by atoms with van der Waals surface area (Å²) in [7, 11) is 2.07. The number of nitrogens with zero attached hydrogens (tertiary/aromatic N) is 5. The number of imide groups is 1. The average molecular weight is 594 g/mol. The molecular weight excluding hydrogens is 556 g/mol. The molecule has 2 N–H and O–H groups in total. The van der Waals surface area contributed by atoms with Crippen LogP contribution in [0.3, 0.4) is 0 Å². The normalized spacial score (nSPS) is 33.6. The number of nitrogens with one attached hydrogen (secondary N) is 2. The van der Waals surface area contributed by atoms with Crippen molar-refractivity contribution >= 4 is 17.8 Å². The third-order valence-corrected chi connectivity index (χ3v) is 11.1. The number of rotatable bonds is 4. The van der Waals surface area contributed by atoms with Crippen molar-refractivity contribution < 1.29 is 23.1 Å². The van der Waals surface area contributed by atoms with Gasteiger partial charge in [0.15, 0.2) is 0 Å². The van der Waals surface area contributed by atoms with E-state index < -0.39 is 23.3 Å². The largest absolute Gasteiger partial charge is 0.461 e. The van der Waals surface area contributed by atoms with Crippen LogP contribution in [0.1, 0.15) is 60.9 Å². The van der Waals surface area contributed by atoms with Gasteiger partial charge in [-0.25, -0.2) is 13.6 Å². The van der Waals surface area contributed by atoms with Gasteiger partial charge in [-0.3, -0.25) is 19.9 Å². The minimum Gasteiger partial charge on any atom is -0.461 e. The summed E-state index contributed by atoms with van der Waals surface area (Å²) in [5, 5.41) is 5.27. The first-order chi connectivity index (χ1) is 20.7. The van der Waals surface area contributed by atoms with E-state index in [-0.39, 0.29) is 29.8 Å². The minimum absolute atomic E-state index is 0.167. The van der Waals surface area contributed by atoms with Crippen LogP contribution in [0, 0.1) is 5.82 Å². The van der Waals surface area contributed by atoms with Crippen molar-refractivity contribution in [2.75, 3.05) is 44.7 Å². The fraction of sp³-hybridized carbons (Fsp3) is 0.613. The number of amides is 3. The lowest BCUT2D eigenvalue weighted by atomic mass is 9.80. The van der Waals surface area contributed by atoms with E-state index in [4.69, 9.17) is 14.7 Å². The Bertz CT molecular complexity index is 1520. The molecule has 10 nitrogen and oxygen atoms in total. The van der Waals surface area contributed by atoms with Gasteiger partial charge in [0.1, 0.15) is 30.0 Å². The average Bonchev–Trinajstić information content (AvgIpc) is 3.69. The summed E-state index contributed by atoms with van der Waals surface area (Å²) < 4.78 is 35.7. The second-order valence-corrected chi connectivity index (χ2v) is 13.5. The number of piperidine rings is 1. The lowest BCUT2D eigenvalue weighted by Crippen LogP contribution is -2.59. The van der Waals surface area contributed by atoms with Gasteiger partial charge in [-0.2, -0.15) is 9.97 Å². The first-order valence-electron chi connectivity index (χ1n) is 15.5. The summed E-state index contributed by atoms with van der Waals surface area (Å²) in [5.41, 5.74) is 1.83. The Kier molecular flexibility index (Phi) is 6.04. The Balaban J connectivity index is 1.18. The standard InChI is InChI=1S/C31H37F2N7O3/c1-38-16-21-24(14-31(38)10-7-20-22(31)5-2-6-23(20)33)34-28(43-18-29-8-3-12-40(29)15-19(32)13-29)35-25(21)39-11-4-9-30(17-39)26(41)36-27(42)37-30/h2,5-6,19H,3-4,7-18H2,1H3,(H2,36,37,41,42)/t19-,29?,30-,31+/m1/s1. The summed E-state index contributed by atoms with van der Waals surface area (Å²) in [6.45, 7) is 3.12. The van der Waals surface area contributed by atoms with Crippen LogP contribution in [0.4, 0.5) is 19.4 Å². The molecule has 1 aromatic heterocycles. The Morgan fingerprint density at radius 3 is 2.81 bits per heavy atom. The van der Waals surface area contributed by atoms with Crippen molar-refractivity contribution in [1.29, 1.82) is 0 Å². The molecule has 1 unspecified atom stereocenters. The van der Waals surface area contributed by atoms with Gasteiger partial charge in [-0.1, -0.05) is 12.1 Å². The van der Waals surface area contributed by atoms with Gasteiger partial charge < -0.3 is 15.0 Å². The van der Waals surface area contributed by atoms with Gasteiger partial charge in [0, 0.05) is 38.0 Å². The Morgan fingerprint density at radius 1 is 1.12 bits per heavy atom. The second-order valence-electron chi connectivity index (χ2n) is 13.5. The first-order valence-corrected chi connectivity index (χ1v) is 15.5. The predicted octanol–water partition coefficient (Wildman–Crippen LogP) is 2.58. The molecule has 6 aliphatic rings. The van der Waals surface area contributed by atoms with Crippen LogP contribution in [0.15, 0.2) is 18.2 Å². The Labute approximate surface area is 249 Å². The number of urea groups is 1. The van der Waals surface area contributed by atoms with Crippen LogP contribution >= 0.6 is 0 Å². The summed E-state index contributed by atoms with van der Waals surface area (Å²) in [5.74, 6) is 0.215. The monoisotopic (exact) mass is 593 g/mol. The van der Waals surface area contributed by atoms with Crippen LogP contribution in [-0.2, 0) is 29.7 Å². The maximum atomic E-state index is 14.8. The molecule has 0 bridgehead atoms. The van der Waals surface area contributed by atoms with Crippen molar-refractivity contribution in [2.45, 2.75) is 80.7 Å². The zero-order valence-electron chi connectivity index (χ0n) is 24.4. The number of aromatic nitrogens is 2. The number of anilines is 1. The number of likely N-dealkylation sites (N-methyl/N-ethyl adjacent to an activating group) is 1. The van der Waals surface area contributed by atoms with Crippen LogP contribution < -0.4 is 20.3 Å². The van der Waals surface area contributed by atoms with Gasteiger partial charge >= 0.3 is 12.0 Å². The molecule has 3 amide bonds. The van der Waals surface area contributed by atoms with Gasteiger partial charge in [0.25, 0.3) is 5.91 Å².